The Hall–Kier alpha value is -1.89. The van der Waals surface area contributed by atoms with Crippen molar-refractivity contribution in [2.45, 2.75) is 100 Å². The second kappa shape index (κ2) is 6.83. The summed E-state index contributed by atoms with van der Waals surface area (Å²) in [4.78, 5) is 21.3. The quantitative estimate of drug-likeness (QED) is 0.583. The van der Waals surface area contributed by atoms with Gasteiger partial charge in [0.25, 0.3) is 5.91 Å². The predicted molar refractivity (Wildman–Crippen MR) is 112 cm³/mol. The van der Waals surface area contributed by atoms with Crippen LogP contribution in [0.3, 0.4) is 0 Å². The molecule has 0 saturated heterocycles. The fraction of sp³-hybridized carbons (Fsp3) is 0.773. The highest BCUT2D eigenvalue weighted by Crippen LogP contribution is 2.52. The number of carbonyl (C=O) groups is 1. The van der Waals surface area contributed by atoms with Crippen LogP contribution in [-0.4, -0.2) is 37.7 Å². The highest BCUT2D eigenvalue weighted by atomic mass is 16.3. The van der Waals surface area contributed by atoms with Crippen LogP contribution in [-0.2, 0) is 0 Å². The molecule has 4 aliphatic rings. The lowest BCUT2D eigenvalue weighted by molar-refractivity contribution is 0.0521. The molecule has 0 spiro atoms. The fourth-order valence-electron chi connectivity index (χ4n) is 6.66. The number of fused-ring (bicyclic) bond motifs is 2. The van der Waals surface area contributed by atoms with Gasteiger partial charge in [-0.15, -0.1) is 0 Å². The van der Waals surface area contributed by atoms with E-state index in [1.807, 2.05) is 0 Å². The van der Waals surface area contributed by atoms with Crippen LogP contribution in [0.1, 0.15) is 93.8 Å². The normalized spacial score (nSPS) is 33.3. The summed E-state index contributed by atoms with van der Waals surface area (Å²) in [5, 5.41) is 17.8. The van der Waals surface area contributed by atoms with Gasteiger partial charge < -0.3 is 21.5 Å². The molecule has 4 aliphatic carbocycles. The standard InChI is InChI=1S/C22H33N5O2/c23-17(28)16-13-24-19(27-20-9-11-21(29,14-20)12-10-20)25-18(16)26-22(7-3-4-8-22)15-5-1-2-6-15/h13,15,29H,1-12,14H2,(H2,23,28)(H2,24,25,26,27). The molecule has 0 atom stereocenters. The van der Waals surface area contributed by atoms with E-state index in [2.05, 4.69) is 15.6 Å². The first kappa shape index (κ1) is 19.1. The van der Waals surface area contributed by atoms with Crippen LogP contribution in [0.4, 0.5) is 11.8 Å². The Labute approximate surface area is 172 Å². The van der Waals surface area contributed by atoms with Gasteiger partial charge in [0.1, 0.15) is 5.82 Å². The first-order valence-corrected chi connectivity index (χ1v) is 11.4. The summed E-state index contributed by atoms with van der Waals surface area (Å²) in [6, 6.07) is 0. The number of hydrogen-bond acceptors (Lipinski definition) is 6. The van der Waals surface area contributed by atoms with E-state index in [1.54, 1.807) is 6.20 Å². The van der Waals surface area contributed by atoms with Crippen molar-refractivity contribution in [1.29, 1.82) is 0 Å². The molecule has 1 aromatic heterocycles. The molecule has 1 aromatic rings. The molecular formula is C22H33N5O2. The van der Waals surface area contributed by atoms with Crippen molar-refractivity contribution in [3.8, 4) is 0 Å². The largest absolute Gasteiger partial charge is 0.390 e. The van der Waals surface area contributed by atoms with Crippen molar-refractivity contribution in [3.63, 3.8) is 0 Å². The van der Waals surface area contributed by atoms with Gasteiger partial charge in [-0.25, -0.2) is 4.98 Å². The van der Waals surface area contributed by atoms with Crippen LogP contribution in [0.15, 0.2) is 6.20 Å². The molecule has 0 radical (unpaired) electrons. The molecule has 1 amide bonds. The van der Waals surface area contributed by atoms with Gasteiger partial charge in [-0.1, -0.05) is 25.7 Å². The average molecular weight is 400 g/mol. The molecule has 4 saturated carbocycles. The number of amides is 1. The maximum absolute atomic E-state index is 12.1. The van der Waals surface area contributed by atoms with E-state index in [0.717, 1.165) is 44.9 Å². The van der Waals surface area contributed by atoms with Crippen molar-refractivity contribution in [1.82, 2.24) is 9.97 Å². The molecule has 5 rings (SSSR count). The number of primary amides is 1. The van der Waals surface area contributed by atoms with Crippen molar-refractivity contribution in [2.75, 3.05) is 10.6 Å². The van der Waals surface area contributed by atoms with E-state index in [9.17, 15) is 9.90 Å². The zero-order valence-electron chi connectivity index (χ0n) is 17.2. The topological polar surface area (TPSA) is 113 Å². The number of nitrogens with zero attached hydrogens (tertiary/aromatic N) is 2. The van der Waals surface area contributed by atoms with Crippen molar-refractivity contribution >= 4 is 17.7 Å². The number of nitrogens with one attached hydrogen (secondary N) is 2. The molecule has 29 heavy (non-hydrogen) atoms. The van der Waals surface area contributed by atoms with Crippen molar-refractivity contribution in [2.24, 2.45) is 11.7 Å². The molecule has 7 heteroatoms. The molecule has 5 N–H and O–H groups in total. The van der Waals surface area contributed by atoms with E-state index in [4.69, 9.17) is 10.7 Å². The zero-order valence-corrected chi connectivity index (χ0v) is 17.2. The third-order valence-corrected chi connectivity index (χ3v) is 8.24. The van der Waals surface area contributed by atoms with Crippen LogP contribution in [0.2, 0.25) is 0 Å². The van der Waals surface area contributed by atoms with Gasteiger partial charge in [0.2, 0.25) is 5.95 Å². The average Bonchev–Trinajstić information content (AvgIpc) is 3.45. The van der Waals surface area contributed by atoms with Gasteiger partial charge in [-0.2, -0.15) is 4.98 Å². The Morgan fingerprint density at radius 3 is 2.31 bits per heavy atom. The van der Waals surface area contributed by atoms with Crippen LogP contribution >= 0.6 is 0 Å². The number of anilines is 2. The number of aromatic nitrogens is 2. The minimum absolute atomic E-state index is 0.0194. The molecule has 1 heterocycles. The molecule has 7 nitrogen and oxygen atoms in total. The lowest BCUT2D eigenvalue weighted by Crippen LogP contribution is -2.43. The SMILES string of the molecule is NC(=O)c1cnc(NC23CCC(O)(CC2)C3)nc1NC1(C2CCCC2)CCCC1. The van der Waals surface area contributed by atoms with Gasteiger partial charge in [-0.3, -0.25) is 4.79 Å². The monoisotopic (exact) mass is 399 g/mol. The van der Waals surface area contributed by atoms with Gasteiger partial charge in [0.05, 0.1) is 11.2 Å². The van der Waals surface area contributed by atoms with E-state index < -0.39 is 11.5 Å². The molecular weight excluding hydrogens is 366 g/mol. The zero-order chi connectivity index (χ0) is 20.1. The molecule has 4 fully saturated rings. The summed E-state index contributed by atoms with van der Waals surface area (Å²) in [6.07, 6.45) is 15.6. The second-order valence-electron chi connectivity index (χ2n) is 10.1. The first-order chi connectivity index (χ1) is 13.9. The molecule has 2 bridgehead atoms. The second-order valence-corrected chi connectivity index (χ2v) is 10.1. The maximum Gasteiger partial charge on any atom is 0.254 e. The summed E-state index contributed by atoms with van der Waals surface area (Å²) < 4.78 is 0. The maximum atomic E-state index is 12.1. The highest BCUT2D eigenvalue weighted by Gasteiger charge is 2.54. The van der Waals surface area contributed by atoms with E-state index >= 15 is 0 Å². The van der Waals surface area contributed by atoms with E-state index in [-0.39, 0.29) is 11.1 Å². The number of rotatable bonds is 6. The number of hydrogen-bond donors (Lipinski definition) is 4. The van der Waals surface area contributed by atoms with E-state index in [1.165, 1.54) is 38.5 Å². The van der Waals surface area contributed by atoms with E-state index in [0.29, 0.717) is 23.2 Å². The van der Waals surface area contributed by atoms with Crippen LogP contribution in [0.5, 0.6) is 0 Å². The highest BCUT2D eigenvalue weighted by molar-refractivity contribution is 5.97. The smallest absolute Gasteiger partial charge is 0.254 e. The Kier molecular flexibility index (Phi) is 4.49. The van der Waals surface area contributed by atoms with Crippen molar-refractivity contribution < 1.29 is 9.90 Å². The van der Waals surface area contributed by atoms with Crippen LogP contribution < -0.4 is 16.4 Å². The van der Waals surface area contributed by atoms with Gasteiger partial charge >= 0.3 is 0 Å². The first-order valence-electron chi connectivity index (χ1n) is 11.4. The third-order valence-electron chi connectivity index (χ3n) is 8.24. The van der Waals surface area contributed by atoms with Crippen LogP contribution in [0, 0.1) is 5.92 Å². The molecule has 0 aliphatic heterocycles. The summed E-state index contributed by atoms with van der Waals surface area (Å²) in [5.41, 5.74) is 5.39. The summed E-state index contributed by atoms with van der Waals surface area (Å²) in [5.74, 6) is 1.25. The Morgan fingerprint density at radius 2 is 1.72 bits per heavy atom. The lowest BCUT2D eigenvalue weighted by atomic mass is 9.81. The molecule has 0 unspecified atom stereocenters. The Bertz CT molecular complexity index is 790. The molecule has 158 valence electrons. The number of carbonyl (C=O) groups excluding carboxylic acids is 1. The summed E-state index contributed by atoms with van der Waals surface area (Å²) in [7, 11) is 0. The van der Waals surface area contributed by atoms with Crippen molar-refractivity contribution in [3.05, 3.63) is 11.8 Å². The van der Waals surface area contributed by atoms with Gasteiger partial charge in [0, 0.05) is 17.3 Å². The van der Waals surface area contributed by atoms with Gasteiger partial charge in [0.15, 0.2) is 0 Å². The fourth-order valence-corrected chi connectivity index (χ4v) is 6.66. The Balaban J connectivity index is 1.43. The molecule has 0 aromatic carbocycles. The summed E-state index contributed by atoms with van der Waals surface area (Å²) >= 11 is 0. The number of aliphatic hydroxyl groups is 1. The lowest BCUT2D eigenvalue weighted by Gasteiger charge is -2.37. The predicted octanol–water partition coefficient (Wildman–Crippen LogP) is 3.35. The van der Waals surface area contributed by atoms with Gasteiger partial charge in [-0.05, 0) is 63.7 Å². The van der Waals surface area contributed by atoms with Crippen LogP contribution in [0.25, 0.3) is 0 Å². The minimum atomic E-state index is -0.530. The Morgan fingerprint density at radius 1 is 1.03 bits per heavy atom. The number of nitrogens with two attached hydrogens (primary N) is 1. The summed E-state index contributed by atoms with van der Waals surface area (Å²) in [6.45, 7) is 0. The minimum Gasteiger partial charge on any atom is -0.390 e. The third kappa shape index (κ3) is 3.37.